The van der Waals surface area contributed by atoms with Crippen LogP contribution >= 0.6 is 0 Å². The topological polar surface area (TPSA) is 9.23 Å². The van der Waals surface area contributed by atoms with Crippen molar-refractivity contribution in [3.05, 3.63) is 60.9 Å². The van der Waals surface area contributed by atoms with E-state index in [4.69, 9.17) is 4.74 Å². The first-order chi connectivity index (χ1) is 7.40. The van der Waals surface area contributed by atoms with Crippen LogP contribution in [-0.4, -0.2) is 6.61 Å². The van der Waals surface area contributed by atoms with Gasteiger partial charge in [0.15, 0.2) is 0 Å². The first kappa shape index (κ1) is 9.57. The van der Waals surface area contributed by atoms with Gasteiger partial charge in [-0.3, -0.25) is 0 Å². The van der Waals surface area contributed by atoms with Crippen molar-refractivity contribution in [2.24, 2.45) is 0 Å². The van der Waals surface area contributed by atoms with E-state index < -0.39 is 0 Å². The molecule has 0 heterocycles. The van der Waals surface area contributed by atoms with Crippen molar-refractivity contribution in [1.82, 2.24) is 0 Å². The molecule has 0 radical (unpaired) electrons. The zero-order valence-corrected chi connectivity index (χ0v) is 8.44. The molecule has 0 N–H and O–H groups in total. The van der Waals surface area contributed by atoms with Crippen LogP contribution in [0.4, 0.5) is 0 Å². The fourth-order valence-electron chi connectivity index (χ4n) is 1.45. The standard InChI is InChI=1S/C14H12O/c1-2-3-10-15-14-9-8-12-6-4-5-7-13(12)11-14/h3-9,11H,1,10H2. The first-order valence-corrected chi connectivity index (χ1v) is 4.86. The fourth-order valence-corrected chi connectivity index (χ4v) is 1.45. The van der Waals surface area contributed by atoms with Crippen molar-refractivity contribution in [3.8, 4) is 5.75 Å². The molecule has 0 aromatic heterocycles. The summed E-state index contributed by atoms with van der Waals surface area (Å²) in [4.78, 5) is 0. The van der Waals surface area contributed by atoms with Crippen molar-refractivity contribution < 1.29 is 4.74 Å². The minimum atomic E-state index is 0.516. The molecule has 0 unspecified atom stereocenters. The minimum Gasteiger partial charge on any atom is -0.489 e. The van der Waals surface area contributed by atoms with Crippen LogP contribution in [0.25, 0.3) is 10.8 Å². The summed E-state index contributed by atoms with van der Waals surface area (Å²) in [6.07, 6.45) is 1.76. The molecule has 0 spiro atoms. The van der Waals surface area contributed by atoms with Gasteiger partial charge in [0.2, 0.25) is 0 Å². The van der Waals surface area contributed by atoms with Crippen LogP contribution in [0.1, 0.15) is 0 Å². The lowest BCUT2D eigenvalue weighted by molar-refractivity contribution is 0.363. The van der Waals surface area contributed by atoms with Crippen LogP contribution in [0.3, 0.4) is 0 Å². The van der Waals surface area contributed by atoms with Crippen molar-refractivity contribution in [2.75, 3.05) is 6.61 Å². The van der Waals surface area contributed by atoms with Gasteiger partial charge in [0.1, 0.15) is 12.4 Å². The van der Waals surface area contributed by atoms with Gasteiger partial charge in [0.25, 0.3) is 0 Å². The van der Waals surface area contributed by atoms with E-state index in [1.807, 2.05) is 24.3 Å². The SMILES string of the molecule is C=C=CCOc1ccc2ccccc2c1. The molecule has 0 aliphatic rings. The highest BCUT2D eigenvalue weighted by atomic mass is 16.5. The van der Waals surface area contributed by atoms with Gasteiger partial charge in [-0.1, -0.05) is 36.9 Å². The highest BCUT2D eigenvalue weighted by Crippen LogP contribution is 2.20. The molecule has 2 aromatic rings. The molecule has 0 bridgehead atoms. The van der Waals surface area contributed by atoms with E-state index in [2.05, 4.69) is 30.5 Å². The average Bonchev–Trinajstić information content (AvgIpc) is 2.29. The number of ether oxygens (including phenoxy) is 1. The molecule has 0 atom stereocenters. The second-order valence-electron chi connectivity index (χ2n) is 3.23. The summed E-state index contributed by atoms with van der Waals surface area (Å²) >= 11 is 0. The highest BCUT2D eigenvalue weighted by Gasteiger charge is 1.95. The van der Waals surface area contributed by atoms with Gasteiger partial charge in [-0.15, -0.1) is 5.73 Å². The van der Waals surface area contributed by atoms with Crippen molar-refractivity contribution >= 4 is 10.8 Å². The third kappa shape index (κ3) is 2.28. The molecule has 1 nitrogen and oxygen atoms in total. The molecular formula is C14H12O. The normalized spacial score (nSPS) is 9.60. The van der Waals surface area contributed by atoms with E-state index in [0.717, 1.165) is 5.75 Å². The van der Waals surface area contributed by atoms with Gasteiger partial charge in [-0.25, -0.2) is 0 Å². The summed E-state index contributed by atoms with van der Waals surface area (Å²) in [6.45, 7) is 4.00. The summed E-state index contributed by atoms with van der Waals surface area (Å²) in [5, 5.41) is 2.42. The molecule has 0 aliphatic carbocycles. The Labute approximate surface area is 89.3 Å². The largest absolute Gasteiger partial charge is 0.489 e. The Morgan fingerprint density at radius 3 is 2.73 bits per heavy atom. The van der Waals surface area contributed by atoms with Gasteiger partial charge < -0.3 is 4.74 Å². The zero-order chi connectivity index (χ0) is 10.5. The fraction of sp³-hybridized carbons (Fsp3) is 0.0714. The molecule has 0 amide bonds. The Balaban J connectivity index is 2.26. The van der Waals surface area contributed by atoms with Gasteiger partial charge in [0.05, 0.1) is 0 Å². The maximum absolute atomic E-state index is 5.50. The van der Waals surface area contributed by atoms with Crippen molar-refractivity contribution in [1.29, 1.82) is 0 Å². The van der Waals surface area contributed by atoms with E-state index in [1.165, 1.54) is 10.8 Å². The minimum absolute atomic E-state index is 0.516. The summed E-state index contributed by atoms with van der Waals surface area (Å²) in [5.74, 6) is 0.875. The van der Waals surface area contributed by atoms with Crippen LogP contribution in [0, 0.1) is 0 Å². The predicted molar refractivity (Wildman–Crippen MR) is 63.2 cm³/mol. The van der Waals surface area contributed by atoms with E-state index in [-0.39, 0.29) is 0 Å². The van der Waals surface area contributed by atoms with E-state index in [0.29, 0.717) is 6.61 Å². The molecule has 2 aromatic carbocycles. The molecule has 0 saturated carbocycles. The Hall–Kier alpha value is -1.98. The van der Waals surface area contributed by atoms with E-state index >= 15 is 0 Å². The Kier molecular flexibility index (Phi) is 2.87. The van der Waals surface area contributed by atoms with Gasteiger partial charge in [0, 0.05) is 0 Å². The first-order valence-electron chi connectivity index (χ1n) is 4.86. The van der Waals surface area contributed by atoms with Crippen LogP contribution in [0.2, 0.25) is 0 Å². The second-order valence-corrected chi connectivity index (χ2v) is 3.23. The maximum Gasteiger partial charge on any atom is 0.120 e. The summed E-state index contributed by atoms with van der Waals surface area (Å²) in [7, 11) is 0. The lowest BCUT2D eigenvalue weighted by Crippen LogP contribution is -1.92. The molecule has 15 heavy (non-hydrogen) atoms. The number of rotatable bonds is 3. The highest BCUT2D eigenvalue weighted by molar-refractivity contribution is 5.83. The number of hydrogen-bond donors (Lipinski definition) is 0. The Bertz CT molecular complexity index is 507. The number of benzene rings is 2. The lowest BCUT2D eigenvalue weighted by atomic mass is 10.1. The number of fused-ring (bicyclic) bond motifs is 1. The molecule has 1 heteroatoms. The summed E-state index contributed by atoms with van der Waals surface area (Å²) in [5.41, 5.74) is 2.68. The molecule has 2 rings (SSSR count). The maximum atomic E-state index is 5.50. The van der Waals surface area contributed by atoms with Crippen LogP contribution in [-0.2, 0) is 0 Å². The predicted octanol–water partition coefficient (Wildman–Crippen LogP) is 3.56. The van der Waals surface area contributed by atoms with E-state index in [1.54, 1.807) is 6.08 Å². The van der Waals surface area contributed by atoms with Crippen LogP contribution in [0.5, 0.6) is 5.75 Å². The lowest BCUT2D eigenvalue weighted by Gasteiger charge is -2.04. The number of hydrogen-bond acceptors (Lipinski definition) is 1. The molecule has 74 valence electrons. The van der Waals surface area contributed by atoms with Gasteiger partial charge >= 0.3 is 0 Å². The smallest absolute Gasteiger partial charge is 0.120 e. The Morgan fingerprint density at radius 1 is 1.13 bits per heavy atom. The van der Waals surface area contributed by atoms with Crippen molar-refractivity contribution in [2.45, 2.75) is 0 Å². The zero-order valence-electron chi connectivity index (χ0n) is 8.44. The van der Waals surface area contributed by atoms with E-state index in [9.17, 15) is 0 Å². The monoisotopic (exact) mass is 196 g/mol. The summed E-state index contributed by atoms with van der Waals surface area (Å²) in [6, 6.07) is 14.3. The molecule has 0 fully saturated rings. The van der Waals surface area contributed by atoms with Gasteiger partial charge in [-0.05, 0) is 29.0 Å². The molecular weight excluding hydrogens is 184 g/mol. The quantitative estimate of drug-likeness (QED) is 0.682. The molecule has 0 saturated heterocycles. The average molecular weight is 196 g/mol. The third-order valence-electron chi connectivity index (χ3n) is 2.20. The van der Waals surface area contributed by atoms with Gasteiger partial charge in [-0.2, -0.15) is 0 Å². The molecule has 0 aliphatic heterocycles. The van der Waals surface area contributed by atoms with Crippen LogP contribution < -0.4 is 4.74 Å². The second kappa shape index (κ2) is 4.50. The summed E-state index contributed by atoms with van der Waals surface area (Å²) < 4.78 is 5.50. The van der Waals surface area contributed by atoms with Crippen LogP contribution in [0.15, 0.2) is 60.9 Å². The third-order valence-corrected chi connectivity index (χ3v) is 2.20. The van der Waals surface area contributed by atoms with Crippen molar-refractivity contribution in [3.63, 3.8) is 0 Å². The Morgan fingerprint density at radius 2 is 1.93 bits per heavy atom.